The SMILES string of the molecule is COc1cc([C@H]2NC(=O)NC(C)=C2C(=O)Nc2ccccc2)ccc1O. The number of carbonyl (C=O) groups is 2. The zero-order chi connectivity index (χ0) is 18.7. The number of amides is 3. The van der Waals surface area contributed by atoms with Gasteiger partial charge in [-0.3, -0.25) is 4.79 Å². The van der Waals surface area contributed by atoms with Crippen molar-refractivity contribution in [3.05, 3.63) is 65.4 Å². The van der Waals surface area contributed by atoms with Gasteiger partial charge in [0.05, 0.1) is 18.7 Å². The molecule has 2 aromatic rings. The van der Waals surface area contributed by atoms with Gasteiger partial charge in [0.15, 0.2) is 11.5 Å². The first kappa shape index (κ1) is 17.3. The van der Waals surface area contributed by atoms with Crippen molar-refractivity contribution in [3.63, 3.8) is 0 Å². The largest absolute Gasteiger partial charge is 0.504 e. The highest BCUT2D eigenvalue weighted by atomic mass is 16.5. The van der Waals surface area contributed by atoms with Crippen LogP contribution in [0.2, 0.25) is 0 Å². The van der Waals surface area contributed by atoms with Crippen LogP contribution in [0.15, 0.2) is 59.8 Å². The van der Waals surface area contributed by atoms with Gasteiger partial charge in [0.25, 0.3) is 5.91 Å². The minimum absolute atomic E-state index is 0.0208. The average Bonchev–Trinajstić information content (AvgIpc) is 2.62. The number of phenolic OH excluding ortho intramolecular Hbond substituents is 1. The average molecular weight is 353 g/mol. The molecule has 0 saturated heterocycles. The van der Waals surface area contributed by atoms with Gasteiger partial charge in [-0.15, -0.1) is 0 Å². The highest BCUT2D eigenvalue weighted by Crippen LogP contribution is 2.33. The molecule has 0 unspecified atom stereocenters. The van der Waals surface area contributed by atoms with E-state index in [0.29, 0.717) is 22.5 Å². The number of ether oxygens (including phenoxy) is 1. The number of methoxy groups -OCH3 is 1. The summed E-state index contributed by atoms with van der Waals surface area (Å²) in [4.78, 5) is 24.8. The number of hydrogen-bond acceptors (Lipinski definition) is 4. The first-order valence-electron chi connectivity index (χ1n) is 8.01. The van der Waals surface area contributed by atoms with E-state index >= 15 is 0 Å². The van der Waals surface area contributed by atoms with Crippen molar-refractivity contribution >= 4 is 17.6 Å². The molecular formula is C19H19N3O4. The zero-order valence-corrected chi connectivity index (χ0v) is 14.4. The fraction of sp³-hybridized carbons (Fsp3) is 0.158. The Bertz CT molecular complexity index is 878. The summed E-state index contributed by atoms with van der Waals surface area (Å²) in [6, 6.07) is 12.7. The quantitative estimate of drug-likeness (QED) is 0.679. The molecule has 4 N–H and O–H groups in total. The number of allylic oxidation sites excluding steroid dienone is 1. The number of aromatic hydroxyl groups is 1. The van der Waals surface area contributed by atoms with Gasteiger partial charge in [0.2, 0.25) is 0 Å². The Labute approximate surface area is 150 Å². The molecule has 0 aliphatic carbocycles. The van der Waals surface area contributed by atoms with Crippen LogP contribution < -0.4 is 20.7 Å². The van der Waals surface area contributed by atoms with Gasteiger partial charge >= 0.3 is 6.03 Å². The van der Waals surface area contributed by atoms with Crippen molar-refractivity contribution in [2.75, 3.05) is 12.4 Å². The Kier molecular flexibility index (Phi) is 4.79. The number of urea groups is 1. The van der Waals surface area contributed by atoms with Crippen molar-refractivity contribution in [1.29, 1.82) is 0 Å². The maximum Gasteiger partial charge on any atom is 0.319 e. The third-order valence-corrected chi connectivity index (χ3v) is 4.08. The van der Waals surface area contributed by atoms with Crippen LogP contribution in [0, 0.1) is 0 Å². The van der Waals surface area contributed by atoms with E-state index in [2.05, 4.69) is 16.0 Å². The number of benzene rings is 2. The van der Waals surface area contributed by atoms with Crippen LogP contribution in [0.3, 0.4) is 0 Å². The third-order valence-electron chi connectivity index (χ3n) is 4.08. The number of carbonyl (C=O) groups excluding carboxylic acids is 2. The number of rotatable bonds is 4. The number of anilines is 1. The fourth-order valence-electron chi connectivity index (χ4n) is 2.84. The summed E-state index contributed by atoms with van der Waals surface area (Å²) in [5.74, 6) is -0.0958. The standard InChI is InChI=1S/C19H19N3O4/c1-11-16(18(24)21-13-6-4-3-5-7-13)17(22-19(25)20-11)12-8-9-14(23)15(10-12)26-2/h3-10,17,23H,1-2H3,(H,21,24)(H2,20,22,25)/t17-/m1/s1. The molecule has 0 radical (unpaired) electrons. The number of phenols is 1. The van der Waals surface area contributed by atoms with E-state index in [4.69, 9.17) is 4.74 Å². The van der Waals surface area contributed by atoms with E-state index < -0.39 is 12.1 Å². The van der Waals surface area contributed by atoms with E-state index in [1.54, 1.807) is 31.2 Å². The van der Waals surface area contributed by atoms with Gasteiger partial charge in [0, 0.05) is 11.4 Å². The second-order valence-electron chi connectivity index (χ2n) is 5.82. The van der Waals surface area contributed by atoms with Crippen LogP contribution in [0.1, 0.15) is 18.5 Å². The van der Waals surface area contributed by atoms with Crippen molar-refractivity contribution in [3.8, 4) is 11.5 Å². The van der Waals surface area contributed by atoms with Gasteiger partial charge in [-0.25, -0.2) is 4.79 Å². The fourth-order valence-corrected chi connectivity index (χ4v) is 2.84. The van der Waals surface area contributed by atoms with Gasteiger partial charge in [0.1, 0.15) is 0 Å². The lowest BCUT2D eigenvalue weighted by atomic mass is 9.94. The summed E-state index contributed by atoms with van der Waals surface area (Å²) in [6.07, 6.45) is 0. The Morgan fingerprint density at radius 1 is 1.19 bits per heavy atom. The maximum absolute atomic E-state index is 12.8. The summed E-state index contributed by atoms with van der Waals surface area (Å²) in [5, 5.41) is 18.0. The van der Waals surface area contributed by atoms with E-state index in [-0.39, 0.29) is 17.4 Å². The second kappa shape index (κ2) is 7.18. The summed E-state index contributed by atoms with van der Waals surface area (Å²) in [5.41, 5.74) is 2.10. The molecule has 1 aliphatic rings. The molecule has 0 fully saturated rings. The maximum atomic E-state index is 12.8. The summed E-state index contributed by atoms with van der Waals surface area (Å²) < 4.78 is 5.13. The van der Waals surface area contributed by atoms with Crippen LogP contribution in [-0.4, -0.2) is 24.2 Å². The van der Waals surface area contributed by atoms with Crippen molar-refractivity contribution in [1.82, 2.24) is 10.6 Å². The van der Waals surface area contributed by atoms with Gasteiger partial charge in [-0.05, 0) is 36.8 Å². The molecule has 26 heavy (non-hydrogen) atoms. The van der Waals surface area contributed by atoms with Crippen molar-refractivity contribution < 1.29 is 19.4 Å². The van der Waals surface area contributed by atoms with E-state index in [1.165, 1.54) is 13.2 Å². The summed E-state index contributed by atoms with van der Waals surface area (Å²) in [6.45, 7) is 1.67. The Morgan fingerprint density at radius 2 is 1.92 bits per heavy atom. The Hall–Kier alpha value is -3.48. The molecule has 2 aromatic carbocycles. The van der Waals surface area contributed by atoms with Crippen molar-refractivity contribution in [2.24, 2.45) is 0 Å². The van der Waals surface area contributed by atoms with Gasteiger partial charge in [-0.1, -0.05) is 24.3 Å². The van der Waals surface area contributed by atoms with Crippen LogP contribution in [0.25, 0.3) is 0 Å². The topological polar surface area (TPSA) is 99.7 Å². The molecule has 134 valence electrons. The molecule has 0 aromatic heterocycles. The van der Waals surface area contributed by atoms with Crippen LogP contribution in [0.5, 0.6) is 11.5 Å². The Balaban J connectivity index is 1.98. The number of para-hydroxylation sites is 1. The number of nitrogens with one attached hydrogen (secondary N) is 3. The van der Waals surface area contributed by atoms with E-state index in [9.17, 15) is 14.7 Å². The first-order valence-corrected chi connectivity index (χ1v) is 8.01. The Morgan fingerprint density at radius 3 is 2.62 bits per heavy atom. The highest BCUT2D eigenvalue weighted by Gasteiger charge is 2.31. The van der Waals surface area contributed by atoms with Gasteiger partial charge in [-0.2, -0.15) is 0 Å². The molecule has 3 amide bonds. The molecule has 1 atom stereocenters. The van der Waals surface area contributed by atoms with Crippen molar-refractivity contribution in [2.45, 2.75) is 13.0 Å². The van der Waals surface area contributed by atoms with Gasteiger partial charge < -0.3 is 25.8 Å². The highest BCUT2D eigenvalue weighted by molar-refractivity contribution is 6.06. The molecule has 3 rings (SSSR count). The van der Waals surface area contributed by atoms with E-state index in [1.807, 2.05) is 18.2 Å². The van der Waals surface area contributed by atoms with Crippen LogP contribution in [0.4, 0.5) is 10.5 Å². The molecule has 0 saturated carbocycles. The second-order valence-corrected chi connectivity index (χ2v) is 5.82. The molecule has 1 aliphatic heterocycles. The lowest BCUT2D eigenvalue weighted by molar-refractivity contribution is -0.113. The molecular weight excluding hydrogens is 334 g/mol. The number of hydrogen-bond donors (Lipinski definition) is 4. The predicted octanol–water partition coefficient (Wildman–Crippen LogP) is 2.67. The minimum Gasteiger partial charge on any atom is -0.504 e. The zero-order valence-electron chi connectivity index (χ0n) is 14.4. The third kappa shape index (κ3) is 3.46. The normalized spacial score (nSPS) is 16.5. The lowest BCUT2D eigenvalue weighted by Crippen LogP contribution is -2.45. The summed E-state index contributed by atoms with van der Waals surface area (Å²) >= 11 is 0. The molecule has 0 spiro atoms. The molecule has 1 heterocycles. The van der Waals surface area contributed by atoms with E-state index in [0.717, 1.165) is 0 Å². The molecule has 0 bridgehead atoms. The summed E-state index contributed by atoms with van der Waals surface area (Å²) in [7, 11) is 1.43. The van der Waals surface area contributed by atoms with Crippen LogP contribution >= 0.6 is 0 Å². The van der Waals surface area contributed by atoms with Crippen LogP contribution in [-0.2, 0) is 4.79 Å². The molecule has 7 heteroatoms. The smallest absolute Gasteiger partial charge is 0.319 e. The lowest BCUT2D eigenvalue weighted by Gasteiger charge is -2.29. The first-order chi connectivity index (χ1) is 12.5. The molecule has 7 nitrogen and oxygen atoms in total. The minimum atomic E-state index is -0.679. The predicted molar refractivity (Wildman–Crippen MR) is 96.8 cm³/mol. The monoisotopic (exact) mass is 353 g/mol.